The molecule has 2 saturated carbocycles. The van der Waals surface area contributed by atoms with Crippen molar-refractivity contribution >= 4 is 0 Å². The van der Waals surface area contributed by atoms with Crippen LogP contribution in [0.1, 0.15) is 25.7 Å². The van der Waals surface area contributed by atoms with Gasteiger partial charge >= 0.3 is 0 Å². The minimum absolute atomic E-state index is 0.459. The molecule has 0 radical (unpaired) electrons. The van der Waals surface area contributed by atoms with Gasteiger partial charge in [0.15, 0.2) is 0 Å². The topological polar surface area (TPSA) is 29.3 Å². The zero-order chi connectivity index (χ0) is 7.84. The van der Waals surface area contributed by atoms with Crippen molar-refractivity contribution in [2.24, 2.45) is 11.7 Å². The van der Waals surface area contributed by atoms with E-state index in [1.54, 1.807) is 0 Å². The van der Waals surface area contributed by atoms with Crippen molar-refractivity contribution in [1.82, 2.24) is 4.90 Å². The van der Waals surface area contributed by atoms with Crippen LogP contribution in [0.4, 0.5) is 0 Å². The van der Waals surface area contributed by atoms with Gasteiger partial charge in [0.25, 0.3) is 0 Å². The fourth-order valence-electron chi connectivity index (χ4n) is 1.67. The quantitative estimate of drug-likeness (QED) is 0.649. The van der Waals surface area contributed by atoms with Crippen LogP contribution in [0.5, 0.6) is 0 Å². The van der Waals surface area contributed by atoms with E-state index in [0.29, 0.717) is 6.04 Å². The Bertz CT molecular complexity index is 122. The number of likely N-dealkylation sites (N-methyl/N-ethyl adjacent to an activating group) is 1. The summed E-state index contributed by atoms with van der Waals surface area (Å²) in [6.07, 6.45) is 5.54. The second-order valence-electron chi connectivity index (χ2n) is 4.17. The highest BCUT2D eigenvalue weighted by Crippen LogP contribution is 2.33. The maximum atomic E-state index is 6.00. The Balaban J connectivity index is 1.69. The van der Waals surface area contributed by atoms with Gasteiger partial charge in [-0.2, -0.15) is 0 Å². The molecule has 2 nitrogen and oxygen atoms in total. The Morgan fingerprint density at radius 3 is 2.45 bits per heavy atom. The highest BCUT2D eigenvalue weighted by molar-refractivity contribution is 4.89. The fraction of sp³-hybridized carbons (Fsp3) is 1.00. The lowest BCUT2D eigenvalue weighted by molar-refractivity contribution is 0.290. The van der Waals surface area contributed by atoms with Crippen LogP contribution in [0.15, 0.2) is 0 Å². The highest BCUT2D eigenvalue weighted by atomic mass is 15.2. The van der Waals surface area contributed by atoms with E-state index in [9.17, 15) is 0 Å². The van der Waals surface area contributed by atoms with Crippen molar-refractivity contribution in [3.05, 3.63) is 0 Å². The van der Waals surface area contributed by atoms with Crippen LogP contribution < -0.4 is 5.73 Å². The molecular formula is C9H18N2. The maximum absolute atomic E-state index is 6.00. The molecule has 0 amide bonds. The third-order valence-electron chi connectivity index (χ3n) is 2.90. The first kappa shape index (κ1) is 7.56. The van der Waals surface area contributed by atoms with Gasteiger partial charge in [0, 0.05) is 18.6 Å². The van der Waals surface area contributed by atoms with E-state index in [1.165, 1.54) is 25.7 Å². The van der Waals surface area contributed by atoms with Crippen LogP contribution in [-0.4, -0.2) is 30.6 Å². The van der Waals surface area contributed by atoms with Crippen LogP contribution in [0.2, 0.25) is 0 Å². The molecule has 0 aromatic carbocycles. The third kappa shape index (κ3) is 1.94. The molecule has 11 heavy (non-hydrogen) atoms. The van der Waals surface area contributed by atoms with Crippen molar-refractivity contribution < 1.29 is 0 Å². The summed E-state index contributed by atoms with van der Waals surface area (Å²) in [5.74, 6) is 0.858. The number of nitrogens with zero attached hydrogens (tertiary/aromatic N) is 1. The molecule has 0 spiro atoms. The molecule has 2 aliphatic carbocycles. The Morgan fingerprint density at radius 2 is 2.00 bits per heavy atom. The van der Waals surface area contributed by atoms with Crippen molar-refractivity contribution in [3.63, 3.8) is 0 Å². The first-order chi connectivity index (χ1) is 5.27. The molecule has 0 aromatic heterocycles. The summed E-state index contributed by atoms with van der Waals surface area (Å²) in [7, 11) is 2.21. The van der Waals surface area contributed by atoms with E-state index >= 15 is 0 Å². The molecule has 2 fully saturated rings. The van der Waals surface area contributed by atoms with Crippen LogP contribution in [0.3, 0.4) is 0 Å². The summed E-state index contributed by atoms with van der Waals surface area (Å²) < 4.78 is 0. The largest absolute Gasteiger partial charge is 0.326 e. The van der Waals surface area contributed by atoms with Crippen molar-refractivity contribution in [2.75, 3.05) is 13.6 Å². The number of hydrogen-bond acceptors (Lipinski definition) is 2. The Hall–Kier alpha value is -0.0800. The SMILES string of the molecule is CN(CC(N)C1CC1)C1CC1. The van der Waals surface area contributed by atoms with Gasteiger partial charge in [0.1, 0.15) is 0 Å². The van der Waals surface area contributed by atoms with E-state index in [-0.39, 0.29) is 0 Å². The molecule has 0 heterocycles. The number of nitrogens with two attached hydrogens (primary N) is 1. The van der Waals surface area contributed by atoms with Crippen LogP contribution in [0, 0.1) is 5.92 Å². The van der Waals surface area contributed by atoms with Crippen LogP contribution in [-0.2, 0) is 0 Å². The second-order valence-corrected chi connectivity index (χ2v) is 4.17. The van der Waals surface area contributed by atoms with Gasteiger partial charge in [-0.15, -0.1) is 0 Å². The Morgan fingerprint density at radius 1 is 1.36 bits per heavy atom. The predicted molar refractivity (Wildman–Crippen MR) is 46.4 cm³/mol. The molecular weight excluding hydrogens is 136 g/mol. The molecule has 2 rings (SSSR count). The molecule has 64 valence electrons. The molecule has 1 unspecified atom stereocenters. The van der Waals surface area contributed by atoms with Crippen molar-refractivity contribution in [3.8, 4) is 0 Å². The predicted octanol–water partition coefficient (Wildman–Crippen LogP) is 0.818. The smallest absolute Gasteiger partial charge is 0.0196 e. The zero-order valence-electron chi connectivity index (χ0n) is 7.29. The second kappa shape index (κ2) is 2.76. The molecule has 0 aliphatic heterocycles. The number of rotatable bonds is 4. The van der Waals surface area contributed by atoms with Gasteiger partial charge in [-0.3, -0.25) is 0 Å². The Kier molecular flexibility index (Phi) is 1.90. The lowest BCUT2D eigenvalue weighted by atomic mass is 10.2. The van der Waals surface area contributed by atoms with Crippen LogP contribution >= 0.6 is 0 Å². The Labute approximate surface area is 68.7 Å². The van der Waals surface area contributed by atoms with Gasteiger partial charge in [-0.05, 0) is 38.6 Å². The van der Waals surface area contributed by atoms with Crippen molar-refractivity contribution in [1.29, 1.82) is 0 Å². The molecule has 2 aliphatic rings. The maximum Gasteiger partial charge on any atom is 0.0196 e. The average molecular weight is 154 g/mol. The summed E-state index contributed by atoms with van der Waals surface area (Å²) in [5.41, 5.74) is 6.00. The monoisotopic (exact) mass is 154 g/mol. The van der Waals surface area contributed by atoms with E-state index < -0.39 is 0 Å². The molecule has 0 bridgehead atoms. The lowest BCUT2D eigenvalue weighted by Gasteiger charge is -2.20. The summed E-state index contributed by atoms with van der Waals surface area (Å²) in [4.78, 5) is 2.43. The van der Waals surface area contributed by atoms with Gasteiger partial charge in [-0.1, -0.05) is 0 Å². The van der Waals surface area contributed by atoms with Crippen molar-refractivity contribution in [2.45, 2.75) is 37.8 Å². The van der Waals surface area contributed by atoms with Gasteiger partial charge in [0.05, 0.1) is 0 Å². The summed E-state index contributed by atoms with van der Waals surface area (Å²) in [6, 6.07) is 1.33. The first-order valence-electron chi connectivity index (χ1n) is 4.73. The van der Waals surface area contributed by atoms with E-state index in [0.717, 1.165) is 18.5 Å². The fourth-order valence-corrected chi connectivity index (χ4v) is 1.67. The zero-order valence-corrected chi connectivity index (χ0v) is 7.29. The molecule has 0 saturated heterocycles. The number of hydrogen-bond donors (Lipinski definition) is 1. The molecule has 2 heteroatoms. The minimum atomic E-state index is 0.459. The van der Waals surface area contributed by atoms with Gasteiger partial charge < -0.3 is 10.6 Å². The molecule has 0 aromatic rings. The third-order valence-corrected chi connectivity index (χ3v) is 2.90. The van der Waals surface area contributed by atoms with E-state index in [4.69, 9.17) is 5.73 Å². The summed E-state index contributed by atoms with van der Waals surface area (Å²) in [5, 5.41) is 0. The van der Waals surface area contributed by atoms with Gasteiger partial charge in [-0.25, -0.2) is 0 Å². The van der Waals surface area contributed by atoms with Gasteiger partial charge in [0.2, 0.25) is 0 Å². The molecule has 1 atom stereocenters. The lowest BCUT2D eigenvalue weighted by Crippen LogP contribution is -2.37. The molecule has 2 N–H and O–H groups in total. The minimum Gasteiger partial charge on any atom is -0.326 e. The first-order valence-corrected chi connectivity index (χ1v) is 4.73. The summed E-state index contributed by atoms with van der Waals surface area (Å²) >= 11 is 0. The highest BCUT2D eigenvalue weighted by Gasteiger charge is 2.32. The van der Waals surface area contributed by atoms with Crippen LogP contribution in [0.25, 0.3) is 0 Å². The summed E-state index contributed by atoms with van der Waals surface area (Å²) in [6.45, 7) is 1.12. The van der Waals surface area contributed by atoms with E-state index in [2.05, 4.69) is 11.9 Å². The normalized spacial score (nSPS) is 27.5. The van der Waals surface area contributed by atoms with E-state index in [1.807, 2.05) is 0 Å². The standard InChI is InChI=1S/C9H18N2/c1-11(8-4-5-8)6-9(10)7-2-3-7/h7-9H,2-6,10H2,1H3. The average Bonchev–Trinajstić information content (AvgIpc) is 2.84.